The molecule has 3 aromatic rings. The number of hydrogen-bond acceptors (Lipinski definition) is 6. The van der Waals surface area contributed by atoms with Crippen molar-refractivity contribution in [2.24, 2.45) is 5.73 Å². The zero-order chi connectivity index (χ0) is 23.1. The molecule has 2 saturated heterocycles. The minimum Gasteiger partial charge on any atom is -0.346 e. The van der Waals surface area contributed by atoms with Crippen LogP contribution in [0.25, 0.3) is 22.3 Å². The molecule has 10 heteroatoms. The molecule has 0 spiro atoms. The van der Waals surface area contributed by atoms with E-state index in [0.717, 1.165) is 87.2 Å². The van der Waals surface area contributed by atoms with E-state index in [1.54, 1.807) is 6.33 Å². The summed E-state index contributed by atoms with van der Waals surface area (Å²) in [6.45, 7) is 5.88. The van der Waals surface area contributed by atoms with Gasteiger partial charge >= 0.3 is 6.03 Å². The van der Waals surface area contributed by atoms with Crippen LogP contribution in [0.2, 0.25) is 0 Å². The number of urea groups is 1. The summed E-state index contributed by atoms with van der Waals surface area (Å²) >= 11 is 0. The lowest BCUT2D eigenvalue weighted by atomic mass is 9.71. The maximum Gasteiger partial charge on any atom is 0.320 e. The molecule has 6 rings (SSSR count). The van der Waals surface area contributed by atoms with E-state index in [-0.39, 0.29) is 11.6 Å². The van der Waals surface area contributed by atoms with E-state index in [1.807, 2.05) is 28.3 Å². The molecule has 3 fully saturated rings. The van der Waals surface area contributed by atoms with Crippen molar-refractivity contribution in [3.05, 3.63) is 31.0 Å². The maximum atomic E-state index is 12.8. The zero-order valence-corrected chi connectivity index (χ0v) is 19.6. The maximum absolute atomic E-state index is 12.8. The van der Waals surface area contributed by atoms with E-state index in [9.17, 15) is 4.79 Å². The van der Waals surface area contributed by atoms with Gasteiger partial charge in [0.2, 0.25) is 0 Å². The molecule has 1 saturated carbocycles. The third kappa shape index (κ3) is 3.65. The van der Waals surface area contributed by atoms with Crippen LogP contribution in [0.3, 0.4) is 0 Å². The van der Waals surface area contributed by atoms with Crippen molar-refractivity contribution < 1.29 is 4.79 Å². The van der Waals surface area contributed by atoms with Crippen molar-refractivity contribution in [2.45, 2.75) is 43.7 Å². The van der Waals surface area contributed by atoms with Crippen LogP contribution in [-0.2, 0) is 5.54 Å². The van der Waals surface area contributed by atoms with Crippen molar-refractivity contribution in [3.63, 3.8) is 0 Å². The van der Waals surface area contributed by atoms with E-state index in [4.69, 9.17) is 10.8 Å². The molecule has 34 heavy (non-hydrogen) atoms. The molecule has 0 atom stereocenters. The first kappa shape index (κ1) is 21.5. The number of H-pyrrole nitrogens is 1. The second kappa shape index (κ2) is 8.66. The summed E-state index contributed by atoms with van der Waals surface area (Å²) in [7, 11) is 0. The van der Waals surface area contributed by atoms with Crippen molar-refractivity contribution in [2.75, 3.05) is 45.8 Å². The highest BCUT2D eigenvalue weighted by molar-refractivity contribution is 5.90. The molecule has 2 aliphatic heterocycles. The summed E-state index contributed by atoms with van der Waals surface area (Å²) < 4.78 is 2.05. The lowest BCUT2D eigenvalue weighted by Crippen LogP contribution is -2.63. The number of carbonyl (C=O) groups excluding carboxylic acids is 1. The van der Waals surface area contributed by atoms with Gasteiger partial charge in [0, 0.05) is 75.2 Å². The molecule has 0 radical (unpaired) electrons. The zero-order valence-electron chi connectivity index (χ0n) is 19.6. The third-order valence-electron chi connectivity index (χ3n) is 8.03. The lowest BCUT2D eigenvalue weighted by Gasteiger charge is -2.53. The van der Waals surface area contributed by atoms with E-state index >= 15 is 0 Å². The molecular formula is C24H33N9O. The van der Waals surface area contributed by atoms with E-state index in [2.05, 4.69) is 30.7 Å². The fraction of sp³-hybridized carbons (Fsp3) is 0.583. The van der Waals surface area contributed by atoms with Gasteiger partial charge in [-0.1, -0.05) is 0 Å². The first-order valence-electron chi connectivity index (χ1n) is 12.5. The first-order valence-corrected chi connectivity index (χ1v) is 12.5. The molecule has 180 valence electrons. The Morgan fingerprint density at radius 3 is 2.59 bits per heavy atom. The highest BCUT2D eigenvalue weighted by Crippen LogP contribution is 2.42. The largest absolute Gasteiger partial charge is 0.346 e. The number of piperidine rings is 1. The Hall–Kier alpha value is -2.98. The van der Waals surface area contributed by atoms with E-state index < -0.39 is 0 Å². The predicted octanol–water partition coefficient (Wildman–Crippen LogP) is 1.86. The highest BCUT2D eigenvalue weighted by atomic mass is 16.2. The quantitative estimate of drug-likeness (QED) is 0.611. The van der Waals surface area contributed by atoms with Gasteiger partial charge in [-0.25, -0.2) is 14.8 Å². The van der Waals surface area contributed by atoms with Gasteiger partial charge in [0.05, 0.1) is 17.4 Å². The van der Waals surface area contributed by atoms with Crippen molar-refractivity contribution in [1.82, 2.24) is 39.4 Å². The van der Waals surface area contributed by atoms with E-state index in [1.165, 1.54) is 6.42 Å². The number of hydrogen-bond donors (Lipinski definition) is 2. The Bertz CT molecular complexity index is 1150. The van der Waals surface area contributed by atoms with Gasteiger partial charge in [-0.3, -0.25) is 9.58 Å². The molecule has 0 aromatic carbocycles. The molecule has 0 bridgehead atoms. The number of aromatic nitrogens is 5. The number of nitrogens with zero attached hydrogens (tertiary/aromatic N) is 7. The van der Waals surface area contributed by atoms with Crippen LogP contribution < -0.4 is 5.73 Å². The summed E-state index contributed by atoms with van der Waals surface area (Å²) in [6.07, 6.45) is 12.9. The average Bonchev–Trinajstić information content (AvgIpc) is 3.55. The van der Waals surface area contributed by atoms with Crippen LogP contribution in [0.4, 0.5) is 4.79 Å². The minimum absolute atomic E-state index is 0.159. The standard InChI is InChI=1S/C24H33N9O/c25-16-24(33-15-18(14-29-33)21-20-4-5-26-22(20)28-17-27-21)12-19(13-24)30-8-10-32(11-9-30)23(34)31-6-2-1-3-7-31/h4-5,14-15,17,19H,1-3,6-13,16,25H2,(H,26,27,28). The van der Waals surface area contributed by atoms with Crippen LogP contribution in [0.5, 0.6) is 0 Å². The first-order chi connectivity index (χ1) is 16.7. The number of piperazine rings is 1. The van der Waals surface area contributed by atoms with Gasteiger partial charge in [0.15, 0.2) is 0 Å². The second-order valence-electron chi connectivity index (χ2n) is 9.98. The normalized spacial score (nSPS) is 26.1. The van der Waals surface area contributed by atoms with Crippen LogP contribution in [0.15, 0.2) is 31.0 Å². The molecule has 2 amide bonds. The lowest BCUT2D eigenvalue weighted by molar-refractivity contribution is -0.0125. The number of nitrogens with one attached hydrogen (secondary N) is 1. The molecule has 0 unspecified atom stereocenters. The Balaban J connectivity index is 1.09. The Labute approximate surface area is 199 Å². The van der Waals surface area contributed by atoms with Gasteiger partial charge in [-0.2, -0.15) is 5.10 Å². The Morgan fingerprint density at radius 1 is 1.06 bits per heavy atom. The third-order valence-corrected chi connectivity index (χ3v) is 8.03. The van der Waals surface area contributed by atoms with Crippen LogP contribution in [-0.4, -0.2) is 97.3 Å². The number of amides is 2. The number of aromatic amines is 1. The summed E-state index contributed by atoms with van der Waals surface area (Å²) in [4.78, 5) is 31.4. The second-order valence-corrected chi connectivity index (χ2v) is 9.98. The molecule has 3 aromatic heterocycles. The number of likely N-dealkylation sites (tertiary alicyclic amines) is 1. The fourth-order valence-electron chi connectivity index (χ4n) is 5.89. The van der Waals surface area contributed by atoms with Gasteiger partial charge < -0.3 is 20.5 Å². The topological polar surface area (TPSA) is 112 Å². The van der Waals surface area contributed by atoms with E-state index in [0.29, 0.717) is 12.6 Å². The SMILES string of the molecule is NCC1(n2cc(-c3ncnc4[nH]ccc34)cn2)CC(N2CCN(C(=O)N3CCCCC3)CC2)C1. The minimum atomic E-state index is -0.159. The van der Waals surface area contributed by atoms with Crippen LogP contribution in [0.1, 0.15) is 32.1 Å². The van der Waals surface area contributed by atoms with Crippen LogP contribution >= 0.6 is 0 Å². The van der Waals surface area contributed by atoms with Gasteiger partial charge in [-0.15, -0.1) is 0 Å². The van der Waals surface area contributed by atoms with Crippen molar-refractivity contribution in [1.29, 1.82) is 0 Å². The van der Waals surface area contributed by atoms with Gasteiger partial charge in [0.1, 0.15) is 12.0 Å². The summed E-state index contributed by atoms with van der Waals surface area (Å²) in [5, 5.41) is 5.70. The Kier molecular flexibility index (Phi) is 5.49. The number of fused-ring (bicyclic) bond motifs is 1. The molecule has 10 nitrogen and oxygen atoms in total. The predicted molar refractivity (Wildman–Crippen MR) is 129 cm³/mol. The van der Waals surface area contributed by atoms with Gasteiger partial charge in [0.25, 0.3) is 0 Å². The number of nitrogens with two attached hydrogens (primary N) is 1. The van der Waals surface area contributed by atoms with Gasteiger partial charge in [-0.05, 0) is 38.2 Å². The summed E-state index contributed by atoms with van der Waals surface area (Å²) in [5.41, 5.74) is 8.82. The van der Waals surface area contributed by atoms with Crippen LogP contribution in [0, 0.1) is 0 Å². The molecule has 5 heterocycles. The Morgan fingerprint density at radius 2 is 1.82 bits per heavy atom. The van der Waals surface area contributed by atoms with Crippen molar-refractivity contribution in [3.8, 4) is 11.3 Å². The average molecular weight is 464 g/mol. The summed E-state index contributed by atoms with van der Waals surface area (Å²) in [5.74, 6) is 0. The monoisotopic (exact) mass is 463 g/mol. The molecular weight excluding hydrogens is 430 g/mol. The molecule has 1 aliphatic carbocycles. The summed E-state index contributed by atoms with van der Waals surface area (Å²) in [6, 6.07) is 2.71. The molecule has 3 N–H and O–H groups in total. The fourth-order valence-corrected chi connectivity index (χ4v) is 5.89. The number of carbonyl (C=O) groups is 1. The number of rotatable bonds is 4. The smallest absolute Gasteiger partial charge is 0.320 e. The highest BCUT2D eigenvalue weighted by Gasteiger charge is 2.48. The van der Waals surface area contributed by atoms with Crippen molar-refractivity contribution >= 4 is 17.1 Å². The molecule has 3 aliphatic rings.